The van der Waals surface area contributed by atoms with Crippen molar-refractivity contribution in [2.24, 2.45) is 5.92 Å². The quantitative estimate of drug-likeness (QED) is 0.336. The predicted octanol–water partition coefficient (Wildman–Crippen LogP) is 2.02. The maximum Gasteiger partial charge on any atom is 0.268 e. The van der Waals surface area contributed by atoms with E-state index in [4.69, 9.17) is 9.94 Å². The van der Waals surface area contributed by atoms with Gasteiger partial charge in [0, 0.05) is 18.7 Å². The molecule has 1 aromatic rings. The van der Waals surface area contributed by atoms with Gasteiger partial charge in [-0.25, -0.2) is 18.3 Å². The fraction of sp³-hybridized carbons (Fsp3) is 0.385. The number of sulfonamides is 1. The standard InChI is InChI=1S/C26H31FN4O6S/c1-16(2)24(32)31-14-26(15-31,25(33)28-34)29-38(35,36)20-10-8-19(9-11-20)37-13-18-12-17(3)30(4)23-21(18)6-5-7-22(23)27/h5-12,16,23,29,34H,13-15H2,1-4H3,(H,28,33). The fourth-order valence-electron chi connectivity index (χ4n) is 4.70. The molecule has 0 aromatic heterocycles. The monoisotopic (exact) mass is 546 g/mol. The number of likely N-dealkylation sites (N-methyl/N-ethyl adjacent to an activating group) is 1. The Hall–Kier alpha value is -3.48. The summed E-state index contributed by atoms with van der Waals surface area (Å²) in [5.74, 6) is -1.37. The first-order valence-corrected chi connectivity index (χ1v) is 13.5. The highest BCUT2D eigenvalue weighted by molar-refractivity contribution is 7.89. The van der Waals surface area contributed by atoms with Crippen molar-refractivity contribution in [2.45, 2.75) is 37.2 Å². The molecule has 1 saturated heterocycles. The first-order valence-electron chi connectivity index (χ1n) is 12.1. The van der Waals surface area contributed by atoms with Crippen LogP contribution in [0.1, 0.15) is 20.8 Å². The Morgan fingerprint density at radius 3 is 2.50 bits per heavy atom. The summed E-state index contributed by atoms with van der Waals surface area (Å²) in [7, 11) is -2.36. The minimum absolute atomic E-state index is 0.122. The lowest BCUT2D eigenvalue weighted by atomic mass is 9.89. The van der Waals surface area contributed by atoms with Crippen molar-refractivity contribution >= 4 is 21.8 Å². The van der Waals surface area contributed by atoms with Gasteiger partial charge in [-0.1, -0.05) is 26.0 Å². The molecule has 2 amide bonds. The maximum atomic E-state index is 14.5. The molecule has 1 fully saturated rings. The zero-order valence-corrected chi connectivity index (χ0v) is 22.4. The molecule has 1 unspecified atom stereocenters. The SMILES string of the molecule is CC1=CC(COc2ccc(S(=O)(=O)NC3(C(=O)NO)CN(C(=O)C(C)C)C3)cc2)=C2C=CC=C(F)C2N1C. The molecule has 12 heteroatoms. The molecule has 3 aliphatic rings. The van der Waals surface area contributed by atoms with Crippen molar-refractivity contribution in [3.63, 3.8) is 0 Å². The van der Waals surface area contributed by atoms with E-state index in [1.165, 1.54) is 40.7 Å². The first kappa shape index (κ1) is 27.6. The molecule has 1 aliphatic carbocycles. The summed E-state index contributed by atoms with van der Waals surface area (Å²) in [5.41, 5.74) is 2.29. The van der Waals surface area contributed by atoms with Crippen molar-refractivity contribution in [3.8, 4) is 5.75 Å². The highest BCUT2D eigenvalue weighted by Gasteiger charge is 2.53. The number of likely N-dealkylation sites (tertiary alicyclic amines) is 1. The van der Waals surface area contributed by atoms with Crippen molar-refractivity contribution in [3.05, 3.63) is 71.2 Å². The number of amides is 2. The Labute approximate surface area is 221 Å². The second kappa shape index (κ2) is 10.4. The summed E-state index contributed by atoms with van der Waals surface area (Å²) >= 11 is 0. The molecular formula is C26H31FN4O6S. The zero-order chi connectivity index (χ0) is 27.8. The molecule has 2 aliphatic heterocycles. The molecule has 0 spiro atoms. The van der Waals surface area contributed by atoms with E-state index < -0.39 is 27.5 Å². The summed E-state index contributed by atoms with van der Waals surface area (Å²) in [4.78, 5) is 27.6. The number of hydrogen-bond acceptors (Lipinski definition) is 7. The van der Waals surface area contributed by atoms with E-state index in [9.17, 15) is 22.4 Å². The fourth-order valence-corrected chi connectivity index (χ4v) is 6.05. The summed E-state index contributed by atoms with van der Waals surface area (Å²) < 4.78 is 48.8. The molecule has 10 nitrogen and oxygen atoms in total. The van der Waals surface area contributed by atoms with Gasteiger partial charge in [-0.2, -0.15) is 4.72 Å². The van der Waals surface area contributed by atoms with Gasteiger partial charge in [0.2, 0.25) is 15.9 Å². The van der Waals surface area contributed by atoms with Gasteiger partial charge in [0.25, 0.3) is 5.91 Å². The number of allylic oxidation sites excluding steroid dienone is 3. The molecule has 0 radical (unpaired) electrons. The summed E-state index contributed by atoms with van der Waals surface area (Å²) in [6.07, 6.45) is 6.86. The van der Waals surface area contributed by atoms with Crippen LogP contribution in [0.5, 0.6) is 5.75 Å². The third kappa shape index (κ3) is 5.11. The molecule has 38 heavy (non-hydrogen) atoms. The normalized spacial score (nSPS) is 20.4. The Bertz CT molecular complexity index is 1360. The Morgan fingerprint density at radius 2 is 1.89 bits per heavy atom. The minimum atomic E-state index is -4.19. The topological polar surface area (TPSA) is 128 Å². The third-order valence-electron chi connectivity index (χ3n) is 6.91. The minimum Gasteiger partial charge on any atom is -0.489 e. The number of carbonyl (C=O) groups excluding carboxylic acids is 2. The Balaban J connectivity index is 1.46. The number of fused-ring (bicyclic) bond motifs is 1. The molecule has 0 bridgehead atoms. The maximum absolute atomic E-state index is 14.5. The van der Waals surface area contributed by atoms with E-state index >= 15 is 0 Å². The van der Waals surface area contributed by atoms with Crippen LogP contribution >= 0.6 is 0 Å². The van der Waals surface area contributed by atoms with Gasteiger partial charge < -0.3 is 14.5 Å². The molecule has 1 atom stereocenters. The molecule has 0 saturated carbocycles. The number of hydroxylamine groups is 1. The number of nitrogens with one attached hydrogen (secondary N) is 2. The van der Waals surface area contributed by atoms with Crippen LogP contribution in [0.15, 0.2) is 76.1 Å². The Kier molecular flexibility index (Phi) is 7.51. The van der Waals surface area contributed by atoms with Gasteiger partial charge >= 0.3 is 0 Å². The lowest BCUT2D eigenvalue weighted by Crippen LogP contribution is -2.77. The number of hydrogen-bond donors (Lipinski definition) is 3. The summed E-state index contributed by atoms with van der Waals surface area (Å²) in [6.45, 7) is 5.02. The van der Waals surface area contributed by atoms with Gasteiger partial charge in [-0.15, -0.1) is 0 Å². The van der Waals surface area contributed by atoms with Gasteiger partial charge in [-0.3, -0.25) is 14.8 Å². The van der Waals surface area contributed by atoms with Crippen LogP contribution < -0.4 is 14.9 Å². The highest BCUT2D eigenvalue weighted by Crippen LogP contribution is 2.34. The van der Waals surface area contributed by atoms with E-state index in [2.05, 4.69) is 4.72 Å². The van der Waals surface area contributed by atoms with Crippen LogP contribution in [0.25, 0.3) is 0 Å². The largest absolute Gasteiger partial charge is 0.489 e. The predicted molar refractivity (Wildman–Crippen MR) is 137 cm³/mol. The Morgan fingerprint density at radius 1 is 1.24 bits per heavy atom. The average Bonchev–Trinajstić information content (AvgIpc) is 2.86. The van der Waals surface area contributed by atoms with E-state index in [0.717, 1.165) is 16.8 Å². The van der Waals surface area contributed by atoms with Gasteiger partial charge in [0.05, 0.1) is 18.0 Å². The van der Waals surface area contributed by atoms with E-state index in [-0.39, 0.29) is 42.2 Å². The van der Waals surface area contributed by atoms with Crippen LogP contribution in [-0.4, -0.2) is 73.6 Å². The highest BCUT2D eigenvalue weighted by atomic mass is 32.2. The molecular weight excluding hydrogens is 515 g/mol. The van der Waals surface area contributed by atoms with Crippen LogP contribution in [0.4, 0.5) is 4.39 Å². The van der Waals surface area contributed by atoms with Crippen molar-refractivity contribution in [1.82, 2.24) is 20.0 Å². The number of halogens is 1. The van der Waals surface area contributed by atoms with Crippen molar-refractivity contribution < 1.29 is 32.3 Å². The zero-order valence-electron chi connectivity index (χ0n) is 21.6. The first-order chi connectivity index (χ1) is 17.9. The van der Waals surface area contributed by atoms with Crippen LogP contribution in [0, 0.1) is 5.92 Å². The van der Waals surface area contributed by atoms with E-state index in [1.807, 2.05) is 31.0 Å². The third-order valence-corrected chi connectivity index (χ3v) is 8.46. The van der Waals surface area contributed by atoms with Crippen molar-refractivity contribution in [1.29, 1.82) is 0 Å². The molecule has 2 heterocycles. The molecule has 1 aromatic carbocycles. The molecule has 4 rings (SSSR count). The van der Waals surface area contributed by atoms with E-state index in [0.29, 0.717) is 5.75 Å². The summed E-state index contributed by atoms with van der Waals surface area (Å²) in [5, 5.41) is 9.16. The van der Waals surface area contributed by atoms with Crippen LogP contribution in [-0.2, 0) is 19.6 Å². The second-order valence-electron chi connectivity index (χ2n) is 9.93. The number of nitrogens with zero attached hydrogens (tertiary/aromatic N) is 2. The number of rotatable bonds is 8. The van der Waals surface area contributed by atoms with Crippen LogP contribution in [0.3, 0.4) is 0 Å². The molecule has 3 N–H and O–H groups in total. The second-order valence-corrected chi connectivity index (χ2v) is 11.6. The van der Waals surface area contributed by atoms with Gasteiger partial charge in [-0.05, 0) is 54.5 Å². The van der Waals surface area contributed by atoms with Crippen LogP contribution in [0.2, 0.25) is 0 Å². The average molecular weight is 547 g/mol. The molecule has 204 valence electrons. The summed E-state index contributed by atoms with van der Waals surface area (Å²) in [6, 6.07) is 5.11. The van der Waals surface area contributed by atoms with Gasteiger partial charge in [0.15, 0.2) is 0 Å². The number of ether oxygens (including phenoxy) is 1. The lowest BCUT2D eigenvalue weighted by Gasteiger charge is -2.48. The number of carbonyl (C=O) groups is 2. The van der Waals surface area contributed by atoms with E-state index in [1.54, 1.807) is 19.9 Å². The van der Waals surface area contributed by atoms with Gasteiger partial charge in [0.1, 0.15) is 29.8 Å². The smallest absolute Gasteiger partial charge is 0.268 e. The number of benzene rings is 1. The van der Waals surface area contributed by atoms with Crippen molar-refractivity contribution in [2.75, 3.05) is 26.7 Å². The lowest BCUT2D eigenvalue weighted by molar-refractivity contribution is -0.152.